The van der Waals surface area contributed by atoms with Crippen molar-refractivity contribution in [1.29, 1.82) is 0 Å². The number of β-amino-alcohol motifs (C(OH)–C–C–N with tert-alkyl or cyclic N) is 1. The summed E-state index contributed by atoms with van der Waals surface area (Å²) in [5.41, 5.74) is 4.81. The quantitative estimate of drug-likeness (QED) is 0.611. The molecule has 2 aliphatic rings. The Bertz CT molecular complexity index is 780. The fraction of sp³-hybridized carbons (Fsp3) is 0.381. The number of hydrazine groups is 1. The maximum absolute atomic E-state index is 12.7. The van der Waals surface area contributed by atoms with Crippen LogP contribution in [0.5, 0.6) is 0 Å². The maximum Gasteiger partial charge on any atom is 0.326 e. The van der Waals surface area contributed by atoms with Gasteiger partial charge < -0.3 is 9.84 Å². The van der Waals surface area contributed by atoms with E-state index in [4.69, 9.17) is 15.7 Å². The van der Waals surface area contributed by atoms with Gasteiger partial charge in [0.15, 0.2) is 0 Å². The SMILES string of the molecule is NN1CCN(CCO)CC1C(=O)OCC1c2ccccc2-c2ccccc21. The number of esters is 1. The number of carbonyl (C=O) groups excluding carboxylic acids is 1. The average molecular weight is 367 g/mol. The molecule has 1 saturated heterocycles. The minimum Gasteiger partial charge on any atom is -0.463 e. The summed E-state index contributed by atoms with van der Waals surface area (Å²) in [6, 6.07) is 16.1. The number of hydrogen-bond acceptors (Lipinski definition) is 6. The zero-order chi connectivity index (χ0) is 18.8. The fourth-order valence-electron chi connectivity index (χ4n) is 4.11. The molecular formula is C21H25N3O3. The summed E-state index contributed by atoms with van der Waals surface area (Å²) in [5, 5.41) is 10.7. The van der Waals surface area contributed by atoms with Crippen molar-refractivity contribution in [3.63, 3.8) is 0 Å². The third kappa shape index (κ3) is 3.49. The Labute approximate surface area is 159 Å². The fourth-order valence-corrected chi connectivity index (χ4v) is 4.11. The Morgan fingerprint density at radius 2 is 1.70 bits per heavy atom. The van der Waals surface area contributed by atoms with E-state index in [0.29, 0.717) is 26.2 Å². The van der Waals surface area contributed by atoms with E-state index in [9.17, 15) is 4.79 Å². The van der Waals surface area contributed by atoms with Crippen molar-refractivity contribution in [3.05, 3.63) is 59.7 Å². The first-order chi connectivity index (χ1) is 13.2. The maximum atomic E-state index is 12.7. The van der Waals surface area contributed by atoms with Crippen molar-refractivity contribution >= 4 is 5.97 Å². The average Bonchev–Trinajstić information content (AvgIpc) is 3.02. The van der Waals surface area contributed by atoms with Gasteiger partial charge in [0.05, 0.1) is 6.61 Å². The van der Waals surface area contributed by atoms with Gasteiger partial charge in [0.25, 0.3) is 0 Å². The van der Waals surface area contributed by atoms with Crippen molar-refractivity contribution < 1.29 is 14.6 Å². The predicted molar refractivity (Wildman–Crippen MR) is 103 cm³/mol. The molecular weight excluding hydrogens is 342 g/mol. The van der Waals surface area contributed by atoms with Gasteiger partial charge in [-0.3, -0.25) is 15.5 Å². The Morgan fingerprint density at radius 3 is 2.33 bits per heavy atom. The lowest BCUT2D eigenvalue weighted by Gasteiger charge is -2.37. The Kier molecular flexibility index (Phi) is 5.22. The first-order valence-corrected chi connectivity index (χ1v) is 9.38. The summed E-state index contributed by atoms with van der Waals surface area (Å²) in [6.07, 6.45) is 0. The Balaban J connectivity index is 1.48. The van der Waals surface area contributed by atoms with E-state index in [0.717, 1.165) is 6.54 Å². The largest absolute Gasteiger partial charge is 0.463 e. The van der Waals surface area contributed by atoms with Crippen molar-refractivity contribution in [2.75, 3.05) is 39.4 Å². The summed E-state index contributed by atoms with van der Waals surface area (Å²) in [5.74, 6) is 5.76. The van der Waals surface area contributed by atoms with Gasteiger partial charge >= 0.3 is 5.97 Å². The van der Waals surface area contributed by atoms with Gasteiger partial charge in [-0.05, 0) is 22.3 Å². The lowest BCUT2D eigenvalue weighted by Crippen LogP contribution is -2.59. The lowest BCUT2D eigenvalue weighted by atomic mass is 9.98. The van der Waals surface area contributed by atoms with Crippen molar-refractivity contribution in [2.45, 2.75) is 12.0 Å². The number of nitrogens with two attached hydrogens (primary N) is 1. The third-order valence-electron chi connectivity index (χ3n) is 5.55. The summed E-state index contributed by atoms with van der Waals surface area (Å²) >= 11 is 0. The van der Waals surface area contributed by atoms with Crippen LogP contribution in [0.3, 0.4) is 0 Å². The molecule has 1 heterocycles. The molecule has 0 saturated carbocycles. The van der Waals surface area contributed by atoms with Gasteiger partial charge in [-0.15, -0.1) is 0 Å². The Hall–Kier alpha value is -2.25. The van der Waals surface area contributed by atoms with Crippen LogP contribution in [0, 0.1) is 0 Å². The van der Waals surface area contributed by atoms with Crippen molar-refractivity contribution in [2.24, 2.45) is 5.84 Å². The highest BCUT2D eigenvalue weighted by Crippen LogP contribution is 2.44. The number of aliphatic hydroxyl groups excluding tert-OH is 1. The van der Waals surface area contributed by atoms with Crippen LogP contribution in [0.1, 0.15) is 17.0 Å². The summed E-state index contributed by atoms with van der Waals surface area (Å²) in [6.45, 7) is 2.72. The van der Waals surface area contributed by atoms with Crippen molar-refractivity contribution in [1.82, 2.24) is 9.91 Å². The molecule has 6 heteroatoms. The highest BCUT2D eigenvalue weighted by atomic mass is 16.5. The number of benzene rings is 2. The molecule has 0 amide bonds. The summed E-state index contributed by atoms with van der Waals surface area (Å²) < 4.78 is 5.73. The van der Waals surface area contributed by atoms with E-state index in [-0.39, 0.29) is 18.5 Å². The second kappa shape index (κ2) is 7.78. The van der Waals surface area contributed by atoms with Crippen LogP contribution in [-0.4, -0.2) is 66.4 Å². The first kappa shape index (κ1) is 18.1. The molecule has 0 radical (unpaired) electrons. The van der Waals surface area contributed by atoms with Gasteiger partial charge in [0.1, 0.15) is 12.6 Å². The first-order valence-electron chi connectivity index (χ1n) is 9.38. The predicted octanol–water partition coefficient (Wildman–Crippen LogP) is 1.19. The number of aliphatic hydroxyl groups is 1. The van der Waals surface area contributed by atoms with E-state index < -0.39 is 6.04 Å². The van der Waals surface area contributed by atoms with Crippen LogP contribution >= 0.6 is 0 Å². The molecule has 0 aromatic heterocycles. The molecule has 142 valence electrons. The smallest absolute Gasteiger partial charge is 0.326 e. The number of carbonyl (C=O) groups is 1. The number of rotatable bonds is 5. The van der Waals surface area contributed by atoms with Gasteiger partial charge in [0, 0.05) is 32.1 Å². The zero-order valence-electron chi connectivity index (χ0n) is 15.3. The molecule has 1 aliphatic carbocycles. The standard InChI is InChI=1S/C21H25N3O3/c22-24-10-9-23(11-12-25)13-20(24)21(26)27-14-19-17-7-3-1-5-15(17)16-6-2-4-8-18(16)19/h1-8,19-20,25H,9-14,22H2. The van der Waals surface area contributed by atoms with E-state index in [1.165, 1.54) is 22.3 Å². The normalized spacial score (nSPS) is 20.3. The topological polar surface area (TPSA) is 79.0 Å². The molecule has 2 aromatic carbocycles. The van der Waals surface area contributed by atoms with E-state index in [1.54, 1.807) is 5.01 Å². The molecule has 0 bridgehead atoms. The van der Waals surface area contributed by atoms with Gasteiger partial charge in [-0.2, -0.15) is 0 Å². The number of fused-ring (bicyclic) bond motifs is 3. The molecule has 1 atom stereocenters. The van der Waals surface area contributed by atoms with Crippen LogP contribution in [0.4, 0.5) is 0 Å². The third-order valence-corrected chi connectivity index (χ3v) is 5.55. The molecule has 0 spiro atoms. The number of nitrogens with zero attached hydrogens (tertiary/aromatic N) is 2. The van der Waals surface area contributed by atoms with E-state index in [2.05, 4.69) is 24.3 Å². The molecule has 27 heavy (non-hydrogen) atoms. The summed E-state index contributed by atoms with van der Waals surface area (Å²) in [4.78, 5) is 14.7. The molecule has 6 nitrogen and oxygen atoms in total. The van der Waals surface area contributed by atoms with Crippen LogP contribution in [0.25, 0.3) is 11.1 Å². The second-order valence-electron chi connectivity index (χ2n) is 7.13. The second-order valence-corrected chi connectivity index (χ2v) is 7.13. The minimum absolute atomic E-state index is 0.0460. The van der Waals surface area contributed by atoms with Crippen LogP contribution in [0.2, 0.25) is 0 Å². The highest BCUT2D eigenvalue weighted by molar-refractivity contribution is 5.80. The number of ether oxygens (including phenoxy) is 1. The number of piperazine rings is 1. The minimum atomic E-state index is -0.503. The molecule has 4 rings (SSSR count). The van der Waals surface area contributed by atoms with Gasteiger partial charge in [-0.1, -0.05) is 48.5 Å². The zero-order valence-corrected chi connectivity index (χ0v) is 15.3. The van der Waals surface area contributed by atoms with E-state index >= 15 is 0 Å². The van der Waals surface area contributed by atoms with Crippen molar-refractivity contribution in [3.8, 4) is 11.1 Å². The molecule has 3 N–H and O–H groups in total. The van der Waals surface area contributed by atoms with Crippen LogP contribution in [0.15, 0.2) is 48.5 Å². The molecule has 1 fully saturated rings. The molecule has 1 aliphatic heterocycles. The van der Waals surface area contributed by atoms with Gasteiger partial charge in [-0.25, -0.2) is 5.01 Å². The van der Waals surface area contributed by atoms with Crippen LogP contribution < -0.4 is 5.84 Å². The monoisotopic (exact) mass is 367 g/mol. The Morgan fingerprint density at radius 1 is 1.07 bits per heavy atom. The summed E-state index contributed by atoms with van der Waals surface area (Å²) in [7, 11) is 0. The van der Waals surface area contributed by atoms with E-state index in [1.807, 2.05) is 29.2 Å². The molecule has 2 aromatic rings. The number of hydrogen-bond donors (Lipinski definition) is 2. The lowest BCUT2D eigenvalue weighted by molar-refractivity contribution is -0.153. The molecule has 1 unspecified atom stereocenters. The highest BCUT2D eigenvalue weighted by Gasteiger charge is 2.34. The van der Waals surface area contributed by atoms with Gasteiger partial charge in [0.2, 0.25) is 0 Å². The van der Waals surface area contributed by atoms with Crippen LogP contribution in [-0.2, 0) is 9.53 Å².